The van der Waals surface area contributed by atoms with E-state index < -0.39 is 0 Å². The van der Waals surface area contributed by atoms with Crippen LogP contribution in [0.5, 0.6) is 0 Å². The van der Waals surface area contributed by atoms with E-state index in [9.17, 15) is 4.79 Å². The van der Waals surface area contributed by atoms with Crippen molar-refractivity contribution in [3.05, 3.63) is 0 Å². The average Bonchev–Trinajstić information content (AvgIpc) is 2.44. The third-order valence-electron chi connectivity index (χ3n) is 2.67. The highest BCUT2D eigenvalue weighted by atomic mass is 16.5. The van der Waals surface area contributed by atoms with Crippen molar-refractivity contribution < 1.29 is 14.3 Å². The van der Waals surface area contributed by atoms with E-state index in [1.54, 1.807) is 7.11 Å². The van der Waals surface area contributed by atoms with E-state index in [0.29, 0.717) is 26.4 Å². The molecule has 1 rings (SSSR count). The van der Waals surface area contributed by atoms with E-state index in [4.69, 9.17) is 9.47 Å². The van der Waals surface area contributed by atoms with Gasteiger partial charge >= 0.3 is 0 Å². The second-order valence-electron chi connectivity index (χ2n) is 3.96. The van der Waals surface area contributed by atoms with Gasteiger partial charge in [-0.1, -0.05) is 0 Å². The number of amides is 1. The van der Waals surface area contributed by atoms with E-state index in [1.807, 2.05) is 11.8 Å². The molecule has 5 heteroatoms. The zero-order chi connectivity index (χ0) is 11.8. The Hall–Kier alpha value is -0.650. The van der Waals surface area contributed by atoms with Crippen molar-refractivity contribution in [3.8, 4) is 0 Å². The molecule has 5 nitrogen and oxygen atoms in total. The van der Waals surface area contributed by atoms with Crippen molar-refractivity contribution in [2.24, 2.45) is 0 Å². The summed E-state index contributed by atoms with van der Waals surface area (Å²) in [6.45, 7) is 6.10. The van der Waals surface area contributed by atoms with E-state index in [1.165, 1.54) is 0 Å². The van der Waals surface area contributed by atoms with E-state index >= 15 is 0 Å². The van der Waals surface area contributed by atoms with Gasteiger partial charge < -0.3 is 19.7 Å². The van der Waals surface area contributed by atoms with Gasteiger partial charge in [0.05, 0.1) is 25.9 Å². The van der Waals surface area contributed by atoms with Crippen LogP contribution in [0.4, 0.5) is 0 Å². The van der Waals surface area contributed by atoms with Gasteiger partial charge in [-0.05, 0) is 19.9 Å². The van der Waals surface area contributed by atoms with Gasteiger partial charge in [0.25, 0.3) is 0 Å². The summed E-state index contributed by atoms with van der Waals surface area (Å²) in [4.78, 5) is 13.7. The van der Waals surface area contributed by atoms with Crippen LogP contribution in [-0.2, 0) is 14.3 Å². The molecule has 0 bridgehead atoms. The van der Waals surface area contributed by atoms with Crippen LogP contribution in [0.1, 0.15) is 13.3 Å². The maximum absolute atomic E-state index is 11.8. The van der Waals surface area contributed by atoms with Crippen LogP contribution in [0, 0.1) is 0 Å². The van der Waals surface area contributed by atoms with Crippen LogP contribution in [0.25, 0.3) is 0 Å². The first kappa shape index (κ1) is 13.4. The molecule has 0 radical (unpaired) electrons. The number of nitrogens with zero attached hydrogens (tertiary/aromatic N) is 1. The highest BCUT2D eigenvalue weighted by molar-refractivity contribution is 5.81. The fourth-order valence-electron chi connectivity index (χ4n) is 1.70. The molecular formula is C11H22N2O3. The standard InChI is InChI=1S/C11H22N2O3/c1-10-11(14)13(5-3-4-12-10)6-7-16-9-8-15-2/h10,12H,3-9H2,1-2H3. The Kier molecular flexibility index (Phi) is 6.37. The largest absolute Gasteiger partial charge is 0.382 e. The van der Waals surface area contributed by atoms with Crippen molar-refractivity contribution >= 4 is 5.91 Å². The molecule has 1 N–H and O–H groups in total. The Morgan fingerprint density at radius 1 is 1.44 bits per heavy atom. The molecule has 0 aliphatic carbocycles. The number of methoxy groups -OCH3 is 1. The average molecular weight is 230 g/mol. The lowest BCUT2D eigenvalue weighted by molar-refractivity contribution is -0.133. The van der Waals surface area contributed by atoms with Gasteiger partial charge in [0.1, 0.15) is 0 Å². The molecular weight excluding hydrogens is 208 g/mol. The summed E-state index contributed by atoms with van der Waals surface area (Å²) in [6, 6.07) is -0.0681. The number of hydrogen-bond acceptors (Lipinski definition) is 4. The molecule has 1 saturated heterocycles. The van der Waals surface area contributed by atoms with Gasteiger partial charge in [-0.15, -0.1) is 0 Å². The van der Waals surface area contributed by atoms with Crippen molar-refractivity contribution in [3.63, 3.8) is 0 Å². The quantitative estimate of drug-likeness (QED) is 0.645. The molecule has 1 aliphatic rings. The molecule has 1 heterocycles. The number of carbonyl (C=O) groups excluding carboxylic acids is 1. The summed E-state index contributed by atoms with van der Waals surface area (Å²) < 4.78 is 10.2. The molecule has 1 fully saturated rings. The first-order valence-corrected chi connectivity index (χ1v) is 5.84. The Morgan fingerprint density at radius 2 is 2.25 bits per heavy atom. The number of nitrogens with one attached hydrogen (secondary N) is 1. The normalized spacial score (nSPS) is 22.2. The summed E-state index contributed by atoms with van der Waals surface area (Å²) in [5, 5.41) is 3.18. The van der Waals surface area contributed by atoms with Gasteiger partial charge in [0.15, 0.2) is 0 Å². The second kappa shape index (κ2) is 7.60. The summed E-state index contributed by atoms with van der Waals surface area (Å²) in [5.74, 6) is 0.174. The molecule has 0 aromatic heterocycles. The zero-order valence-corrected chi connectivity index (χ0v) is 10.2. The smallest absolute Gasteiger partial charge is 0.239 e. The van der Waals surface area contributed by atoms with Crippen molar-refractivity contribution in [2.75, 3.05) is 46.6 Å². The minimum Gasteiger partial charge on any atom is -0.382 e. The van der Waals surface area contributed by atoms with Gasteiger partial charge in [-0.25, -0.2) is 0 Å². The lowest BCUT2D eigenvalue weighted by Crippen LogP contribution is -2.43. The third-order valence-corrected chi connectivity index (χ3v) is 2.67. The lowest BCUT2D eigenvalue weighted by Gasteiger charge is -2.22. The molecule has 0 saturated carbocycles. The van der Waals surface area contributed by atoms with E-state index in [-0.39, 0.29) is 11.9 Å². The molecule has 1 unspecified atom stereocenters. The minimum atomic E-state index is -0.0681. The van der Waals surface area contributed by atoms with Crippen molar-refractivity contribution in [1.29, 1.82) is 0 Å². The fraction of sp³-hybridized carbons (Fsp3) is 0.909. The van der Waals surface area contributed by atoms with Crippen molar-refractivity contribution in [1.82, 2.24) is 10.2 Å². The Morgan fingerprint density at radius 3 is 3.00 bits per heavy atom. The Balaban J connectivity index is 2.20. The SMILES string of the molecule is COCCOCCN1CCCNC(C)C1=O. The number of carbonyl (C=O) groups is 1. The maximum Gasteiger partial charge on any atom is 0.239 e. The highest BCUT2D eigenvalue weighted by Gasteiger charge is 2.22. The maximum atomic E-state index is 11.8. The van der Waals surface area contributed by atoms with Crippen molar-refractivity contribution in [2.45, 2.75) is 19.4 Å². The molecule has 16 heavy (non-hydrogen) atoms. The summed E-state index contributed by atoms with van der Waals surface area (Å²) >= 11 is 0. The molecule has 0 spiro atoms. The van der Waals surface area contributed by atoms with Crippen LogP contribution in [-0.4, -0.2) is 63.4 Å². The van der Waals surface area contributed by atoms with Crippen LogP contribution in [0.2, 0.25) is 0 Å². The first-order valence-electron chi connectivity index (χ1n) is 5.84. The Bertz CT molecular complexity index is 211. The van der Waals surface area contributed by atoms with Crippen LogP contribution in [0.3, 0.4) is 0 Å². The first-order chi connectivity index (χ1) is 7.75. The van der Waals surface area contributed by atoms with Gasteiger partial charge in [-0.2, -0.15) is 0 Å². The number of hydrogen-bond donors (Lipinski definition) is 1. The number of ether oxygens (including phenoxy) is 2. The van der Waals surface area contributed by atoms with Crippen LogP contribution < -0.4 is 5.32 Å². The fourth-order valence-corrected chi connectivity index (χ4v) is 1.70. The topological polar surface area (TPSA) is 50.8 Å². The summed E-state index contributed by atoms with van der Waals surface area (Å²) in [6.07, 6.45) is 1.01. The number of rotatable bonds is 6. The predicted molar refractivity (Wildman–Crippen MR) is 61.4 cm³/mol. The van der Waals surface area contributed by atoms with Crippen LogP contribution >= 0.6 is 0 Å². The monoisotopic (exact) mass is 230 g/mol. The molecule has 1 atom stereocenters. The lowest BCUT2D eigenvalue weighted by atomic mass is 10.3. The molecule has 94 valence electrons. The zero-order valence-electron chi connectivity index (χ0n) is 10.2. The van der Waals surface area contributed by atoms with Gasteiger partial charge in [0.2, 0.25) is 5.91 Å². The molecule has 1 aliphatic heterocycles. The van der Waals surface area contributed by atoms with Crippen LogP contribution in [0.15, 0.2) is 0 Å². The highest BCUT2D eigenvalue weighted by Crippen LogP contribution is 2.01. The van der Waals surface area contributed by atoms with Gasteiger partial charge in [0, 0.05) is 20.2 Å². The van der Waals surface area contributed by atoms with Gasteiger partial charge in [-0.3, -0.25) is 4.79 Å². The Labute approximate surface area is 97.1 Å². The van der Waals surface area contributed by atoms with E-state index in [0.717, 1.165) is 19.5 Å². The molecule has 1 amide bonds. The predicted octanol–water partition coefficient (Wildman–Crippen LogP) is -0.140. The molecule has 0 aromatic rings. The molecule has 0 aromatic carbocycles. The summed E-state index contributed by atoms with van der Waals surface area (Å²) in [5.41, 5.74) is 0. The minimum absolute atomic E-state index is 0.0681. The van der Waals surface area contributed by atoms with E-state index in [2.05, 4.69) is 5.32 Å². The second-order valence-corrected chi connectivity index (χ2v) is 3.96. The summed E-state index contributed by atoms with van der Waals surface area (Å²) in [7, 11) is 1.65. The third kappa shape index (κ3) is 4.47.